The van der Waals surface area contributed by atoms with Crippen LogP contribution in [0.2, 0.25) is 5.02 Å². The standard InChI is InChI=1S/C17H22ClN3O2/c1-19-10-5-8-14(19)16(22)20(2)15-9-11-21(17(15)23)13-7-4-3-6-12(13)18/h3-4,6-7,14-15H,5,8-11H2,1-2H3/t14-,15+/m0/s1. The summed E-state index contributed by atoms with van der Waals surface area (Å²) in [6.45, 7) is 1.53. The molecule has 0 unspecified atom stereocenters. The Kier molecular flexibility index (Phi) is 4.60. The Hall–Kier alpha value is -1.59. The van der Waals surface area contributed by atoms with Gasteiger partial charge in [-0.1, -0.05) is 23.7 Å². The van der Waals surface area contributed by atoms with Gasteiger partial charge in [0.2, 0.25) is 11.8 Å². The van der Waals surface area contributed by atoms with Crippen molar-refractivity contribution in [1.29, 1.82) is 0 Å². The molecule has 0 radical (unpaired) electrons. The summed E-state index contributed by atoms with van der Waals surface area (Å²) in [7, 11) is 3.71. The summed E-state index contributed by atoms with van der Waals surface area (Å²) in [6, 6.07) is 6.84. The van der Waals surface area contributed by atoms with Crippen LogP contribution >= 0.6 is 11.6 Å². The minimum atomic E-state index is -0.396. The quantitative estimate of drug-likeness (QED) is 0.848. The van der Waals surface area contributed by atoms with Crippen LogP contribution in [-0.2, 0) is 9.59 Å². The van der Waals surface area contributed by atoms with Crippen molar-refractivity contribution in [2.45, 2.75) is 31.3 Å². The lowest BCUT2D eigenvalue weighted by atomic mass is 10.1. The summed E-state index contributed by atoms with van der Waals surface area (Å²) in [5, 5.41) is 0.561. The van der Waals surface area contributed by atoms with E-state index < -0.39 is 6.04 Å². The molecule has 0 spiro atoms. The molecule has 23 heavy (non-hydrogen) atoms. The zero-order chi connectivity index (χ0) is 16.6. The van der Waals surface area contributed by atoms with Crippen LogP contribution in [0.25, 0.3) is 0 Å². The summed E-state index contributed by atoms with van der Waals surface area (Å²) in [6.07, 6.45) is 2.54. The summed E-state index contributed by atoms with van der Waals surface area (Å²) in [5.41, 5.74) is 0.723. The van der Waals surface area contributed by atoms with Gasteiger partial charge in [0, 0.05) is 13.6 Å². The number of carbonyl (C=O) groups is 2. The maximum Gasteiger partial charge on any atom is 0.249 e. The summed E-state index contributed by atoms with van der Waals surface area (Å²) >= 11 is 6.20. The second-order valence-corrected chi connectivity index (χ2v) is 6.74. The molecular weight excluding hydrogens is 314 g/mol. The number of carbonyl (C=O) groups excluding carboxylic acids is 2. The summed E-state index contributed by atoms with van der Waals surface area (Å²) in [4.78, 5) is 30.8. The van der Waals surface area contributed by atoms with Crippen molar-refractivity contribution < 1.29 is 9.59 Å². The van der Waals surface area contributed by atoms with E-state index in [1.54, 1.807) is 22.9 Å². The molecule has 1 aromatic rings. The van der Waals surface area contributed by atoms with E-state index >= 15 is 0 Å². The van der Waals surface area contributed by atoms with E-state index in [0.29, 0.717) is 18.0 Å². The molecule has 2 aliphatic rings. The second kappa shape index (κ2) is 6.49. The molecule has 5 nitrogen and oxygen atoms in total. The van der Waals surface area contributed by atoms with Crippen LogP contribution in [0.4, 0.5) is 5.69 Å². The molecule has 0 N–H and O–H groups in total. The summed E-state index contributed by atoms with van der Waals surface area (Å²) in [5.74, 6) is -0.000964. The highest BCUT2D eigenvalue weighted by molar-refractivity contribution is 6.34. The van der Waals surface area contributed by atoms with E-state index in [-0.39, 0.29) is 17.9 Å². The van der Waals surface area contributed by atoms with Crippen molar-refractivity contribution in [2.24, 2.45) is 0 Å². The van der Waals surface area contributed by atoms with Gasteiger partial charge in [0.05, 0.1) is 16.8 Å². The van der Waals surface area contributed by atoms with Gasteiger partial charge in [0.25, 0.3) is 0 Å². The zero-order valence-corrected chi connectivity index (χ0v) is 14.3. The first-order chi connectivity index (χ1) is 11.0. The van der Waals surface area contributed by atoms with Gasteiger partial charge in [-0.15, -0.1) is 0 Å². The lowest BCUT2D eigenvalue weighted by Gasteiger charge is -2.29. The molecule has 1 aromatic carbocycles. The number of likely N-dealkylation sites (N-methyl/N-ethyl adjacent to an activating group) is 2. The highest BCUT2D eigenvalue weighted by atomic mass is 35.5. The second-order valence-electron chi connectivity index (χ2n) is 6.33. The van der Waals surface area contributed by atoms with E-state index in [2.05, 4.69) is 4.90 Å². The molecule has 6 heteroatoms. The van der Waals surface area contributed by atoms with Gasteiger partial charge in [-0.05, 0) is 45.0 Å². The van der Waals surface area contributed by atoms with Crippen molar-refractivity contribution in [3.05, 3.63) is 29.3 Å². The van der Waals surface area contributed by atoms with Gasteiger partial charge in [-0.25, -0.2) is 0 Å². The van der Waals surface area contributed by atoms with E-state index in [9.17, 15) is 9.59 Å². The van der Waals surface area contributed by atoms with Crippen LogP contribution in [0.1, 0.15) is 19.3 Å². The molecule has 0 aromatic heterocycles. The molecule has 2 amide bonds. The van der Waals surface area contributed by atoms with E-state index in [1.165, 1.54) is 0 Å². The van der Waals surface area contributed by atoms with Crippen molar-refractivity contribution in [3.8, 4) is 0 Å². The molecule has 0 saturated carbocycles. The number of anilines is 1. The molecule has 0 aliphatic carbocycles. The Morgan fingerprint density at radius 2 is 2.00 bits per heavy atom. The SMILES string of the molecule is CN1CCC[C@H]1C(=O)N(C)[C@@H]1CCN(c2ccccc2Cl)C1=O. The third kappa shape index (κ3) is 2.95. The first-order valence-corrected chi connectivity index (χ1v) is 8.41. The number of para-hydroxylation sites is 1. The molecule has 2 saturated heterocycles. The molecule has 2 heterocycles. The number of amides is 2. The molecule has 3 rings (SSSR count). The third-order valence-electron chi connectivity index (χ3n) is 4.94. The lowest BCUT2D eigenvalue weighted by molar-refractivity contribution is -0.140. The Bertz CT molecular complexity index is 622. The number of halogens is 1. The topological polar surface area (TPSA) is 43.9 Å². The average Bonchev–Trinajstić information content (AvgIpc) is 3.12. The van der Waals surface area contributed by atoms with Gasteiger partial charge in [-0.3, -0.25) is 14.5 Å². The van der Waals surface area contributed by atoms with Gasteiger partial charge >= 0.3 is 0 Å². The van der Waals surface area contributed by atoms with Crippen molar-refractivity contribution in [2.75, 3.05) is 32.1 Å². The largest absolute Gasteiger partial charge is 0.332 e. The summed E-state index contributed by atoms with van der Waals surface area (Å²) < 4.78 is 0. The lowest BCUT2D eigenvalue weighted by Crippen LogP contribution is -2.49. The normalized spacial score (nSPS) is 25.2. The monoisotopic (exact) mass is 335 g/mol. The third-order valence-corrected chi connectivity index (χ3v) is 5.26. The van der Waals surface area contributed by atoms with Crippen LogP contribution in [-0.4, -0.2) is 60.9 Å². The fourth-order valence-electron chi connectivity index (χ4n) is 3.54. The first-order valence-electron chi connectivity index (χ1n) is 8.03. The maximum absolute atomic E-state index is 12.8. The Balaban J connectivity index is 1.74. The van der Waals surface area contributed by atoms with E-state index in [0.717, 1.165) is 25.1 Å². The predicted octanol–water partition coefficient (Wildman–Crippen LogP) is 2.00. The van der Waals surface area contributed by atoms with Crippen LogP contribution in [0.3, 0.4) is 0 Å². The number of nitrogens with zero attached hydrogens (tertiary/aromatic N) is 3. The Morgan fingerprint density at radius 3 is 2.65 bits per heavy atom. The number of hydrogen-bond acceptors (Lipinski definition) is 3. The highest BCUT2D eigenvalue weighted by Gasteiger charge is 2.40. The van der Waals surface area contributed by atoms with Crippen LogP contribution in [0.15, 0.2) is 24.3 Å². The molecule has 2 aliphatic heterocycles. The first kappa shape index (κ1) is 16.3. The van der Waals surface area contributed by atoms with Crippen molar-refractivity contribution in [1.82, 2.24) is 9.80 Å². The molecule has 0 bridgehead atoms. The van der Waals surface area contributed by atoms with E-state index in [4.69, 9.17) is 11.6 Å². The van der Waals surface area contributed by atoms with Gasteiger partial charge in [0.1, 0.15) is 6.04 Å². The number of benzene rings is 1. The fourth-order valence-corrected chi connectivity index (χ4v) is 3.78. The fraction of sp³-hybridized carbons (Fsp3) is 0.529. The van der Waals surface area contributed by atoms with Crippen molar-refractivity contribution in [3.63, 3.8) is 0 Å². The van der Waals surface area contributed by atoms with Crippen molar-refractivity contribution >= 4 is 29.1 Å². The van der Waals surface area contributed by atoms with Crippen LogP contribution < -0.4 is 4.90 Å². The Labute approximate surface area is 141 Å². The van der Waals surface area contributed by atoms with Gasteiger partial charge in [0.15, 0.2) is 0 Å². The van der Waals surface area contributed by atoms with Gasteiger partial charge < -0.3 is 9.80 Å². The minimum absolute atomic E-state index is 0.0457. The predicted molar refractivity (Wildman–Crippen MR) is 90.6 cm³/mol. The maximum atomic E-state index is 12.8. The van der Waals surface area contributed by atoms with E-state index in [1.807, 2.05) is 25.2 Å². The molecule has 124 valence electrons. The molecule has 2 atom stereocenters. The molecular formula is C17H22ClN3O2. The van der Waals surface area contributed by atoms with Crippen LogP contribution in [0.5, 0.6) is 0 Å². The highest BCUT2D eigenvalue weighted by Crippen LogP contribution is 2.30. The van der Waals surface area contributed by atoms with Gasteiger partial charge in [-0.2, -0.15) is 0 Å². The Morgan fingerprint density at radius 1 is 1.26 bits per heavy atom. The zero-order valence-electron chi connectivity index (χ0n) is 13.5. The number of likely N-dealkylation sites (tertiary alicyclic amines) is 1. The number of rotatable bonds is 3. The van der Waals surface area contributed by atoms with Crippen LogP contribution in [0, 0.1) is 0 Å². The number of hydrogen-bond donors (Lipinski definition) is 0. The molecule has 2 fully saturated rings. The average molecular weight is 336 g/mol. The smallest absolute Gasteiger partial charge is 0.249 e. The minimum Gasteiger partial charge on any atom is -0.332 e.